The molecule has 1 heterocycles. The second-order valence-electron chi connectivity index (χ2n) is 7.92. The lowest BCUT2D eigenvalue weighted by Crippen LogP contribution is -2.28. The molecule has 0 aliphatic heterocycles. The highest BCUT2D eigenvalue weighted by Gasteiger charge is 2.33. The van der Waals surface area contributed by atoms with E-state index in [2.05, 4.69) is 10.3 Å². The van der Waals surface area contributed by atoms with Crippen LogP contribution in [0.15, 0.2) is 30.3 Å². The molecule has 1 atom stereocenters. The topological polar surface area (TPSA) is 97.4 Å². The number of hydrogen-bond acceptors (Lipinski definition) is 5. The molecule has 2 aromatic rings. The van der Waals surface area contributed by atoms with Crippen LogP contribution in [0.2, 0.25) is 0 Å². The van der Waals surface area contributed by atoms with Crippen molar-refractivity contribution in [2.45, 2.75) is 39.4 Å². The van der Waals surface area contributed by atoms with Crippen LogP contribution in [0.25, 0.3) is 0 Å². The molecule has 0 saturated carbocycles. The van der Waals surface area contributed by atoms with Crippen molar-refractivity contribution in [3.8, 4) is 5.88 Å². The van der Waals surface area contributed by atoms with E-state index in [0.29, 0.717) is 0 Å². The second kappa shape index (κ2) is 10.4. The first-order chi connectivity index (χ1) is 15.2. The fraction of sp³-hybridized carbons (Fsp3) is 0.429. The molecule has 0 radical (unpaired) electrons. The molecule has 1 aromatic carbocycles. The Kier molecular flexibility index (Phi) is 8.28. The van der Waals surface area contributed by atoms with Crippen LogP contribution < -0.4 is 14.8 Å². The minimum atomic E-state index is -4.64. The third kappa shape index (κ3) is 7.88. The fourth-order valence-electron chi connectivity index (χ4n) is 2.70. The Morgan fingerprint density at radius 1 is 1.15 bits per heavy atom. The molecule has 182 valence electrons. The van der Waals surface area contributed by atoms with Gasteiger partial charge in [0.05, 0.1) is 24.5 Å². The number of nitrogens with zero attached hydrogens (tertiary/aromatic N) is 1. The Morgan fingerprint density at radius 3 is 2.36 bits per heavy atom. The normalized spacial score (nSPS) is 13.0. The van der Waals surface area contributed by atoms with Crippen LogP contribution in [0, 0.1) is 11.7 Å². The second-order valence-corrected chi connectivity index (χ2v) is 9.66. The van der Waals surface area contributed by atoms with Crippen LogP contribution in [-0.2, 0) is 27.5 Å². The summed E-state index contributed by atoms with van der Waals surface area (Å²) in [5.74, 6) is -2.39. The number of rotatable bonds is 9. The average Bonchev–Trinajstić information content (AvgIpc) is 2.69. The van der Waals surface area contributed by atoms with Gasteiger partial charge in [-0.15, -0.1) is 0 Å². The Balaban J connectivity index is 2.15. The molecular formula is C21H25F4N3O4S. The number of pyridine rings is 1. The molecule has 0 fully saturated rings. The first-order valence-corrected chi connectivity index (χ1v) is 11.8. The van der Waals surface area contributed by atoms with Gasteiger partial charge in [-0.1, -0.05) is 19.9 Å². The maximum Gasteiger partial charge on any atom is 0.433 e. The average molecular weight is 492 g/mol. The fourth-order valence-corrected chi connectivity index (χ4v) is 3.27. The number of carbonyl (C=O) groups excluding carboxylic acids is 1. The van der Waals surface area contributed by atoms with Crippen molar-refractivity contribution in [2.24, 2.45) is 5.92 Å². The van der Waals surface area contributed by atoms with Crippen molar-refractivity contribution in [3.05, 3.63) is 53.0 Å². The number of nitrogens with one attached hydrogen (secondary N) is 2. The first kappa shape index (κ1) is 26.4. The predicted octanol–water partition coefficient (Wildman–Crippen LogP) is 4.07. The Bertz CT molecular complexity index is 1110. The lowest BCUT2D eigenvalue weighted by molar-refractivity contribution is -0.141. The molecule has 12 heteroatoms. The van der Waals surface area contributed by atoms with Gasteiger partial charge in [-0.3, -0.25) is 9.52 Å². The summed E-state index contributed by atoms with van der Waals surface area (Å²) in [5, 5.41) is 2.58. The lowest BCUT2D eigenvalue weighted by atomic mass is 9.99. The van der Waals surface area contributed by atoms with Gasteiger partial charge in [0, 0.05) is 12.1 Å². The summed E-state index contributed by atoms with van der Waals surface area (Å²) in [6.45, 7) is 5.14. The van der Waals surface area contributed by atoms with E-state index in [1.807, 2.05) is 18.6 Å². The molecule has 0 aliphatic rings. The molecule has 0 bridgehead atoms. The van der Waals surface area contributed by atoms with Crippen LogP contribution in [0.4, 0.5) is 23.2 Å². The maximum absolute atomic E-state index is 14.2. The van der Waals surface area contributed by atoms with Gasteiger partial charge in [0.15, 0.2) is 0 Å². The molecule has 2 rings (SSSR count). The number of sulfonamides is 1. The summed E-state index contributed by atoms with van der Waals surface area (Å²) >= 11 is 0. The first-order valence-electron chi connectivity index (χ1n) is 9.92. The summed E-state index contributed by atoms with van der Waals surface area (Å²) in [7, 11) is -3.67. The number of ether oxygens (including phenoxy) is 1. The van der Waals surface area contributed by atoms with Crippen molar-refractivity contribution in [1.29, 1.82) is 0 Å². The van der Waals surface area contributed by atoms with Crippen molar-refractivity contribution in [1.82, 2.24) is 10.3 Å². The van der Waals surface area contributed by atoms with Gasteiger partial charge in [-0.2, -0.15) is 13.2 Å². The van der Waals surface area contributed by atoms with E-state index in [1.54, 1.807) is 0 Å². The Labute approximate surface area is 189 Å². The van der Waals surface area contributed by atoms with Gasteiger partial charge in [0.1, 0.15) is 11.5 Å². The summed E-state index contributed by atoms with van der Waals surface area (Å²) < 4.78 is 83.2. The van der Waals surface area contributed by atoms with Crippen molar-refractivity contribution in [3.63, 3.8) is 0 Å². The van der Waals surface area contributed by atoms with Crippen molar-refractivity contribution < 1.29 is 35.5 Å². The number of alkyl halides is 3. The van der Waals surface area contributed by atoms with Gasteiger partial charge in [-0.05, 0) is 42.7 Å². The summed E-state index contributed by atoms with van der Waals surface area (Å²) in [6, 6.07) is 5.62. The highest BCUT2D eigenvalue weighted by Crippen LogP contribution is 2.30. The Hall–Kier alpha value is -2.89. The van der Waals surface area contributed by atoms with Crippen molar-refractivity contribution >= 4 is 21.6 Å². The van der Waals surface area contributed by atoms with Gasteiger partial charge in [0.2, 0.25) is 21.8 Å². The predicted molar refractivity (Wildman–Crippen MR) is 115 cm³/mol. The van der Waals surface area contributed by atoms with Crippen LogP contribution in [-0.4, -0.2) is 32.2 Å². The highest BCUT2D eigenvalue weighted by atomic mass is 32.2. The molecule has 0 unspecified atom stereocenters. The Morgan fingerprint density at radius 2 is 1.82 bits per heavy atom. The number of halogens is 4. The number of hydrogen-bond donors (Lipinski definition) is 2. The minimum absolute atomic E-state index is 0.0406. The molecule has 1 aromatic heterocycles. The third-order valence-electron chi connectivity index (χ3n) is 4.42. The van der Waals surface area contributed by atoms with Crippen molar-refractivity contribution in [2.75, 3.05) is 17.6 Å². The summed E-state index contributed by atoms with van der Waals surface area (Å²) in [4.78, 5) is 16.1. The third-order valence-corrected chi connectivity index (χ3v) is 5.01. The highest BCUT2D eigenvalue weighted by molar-refractivity contribution is 7.92. The molecule has 7 nitrogen and oxygen atoms in total. The zero-order valence-electron chi connectivity index (χ0n) is 18.5. The molecule has 33 heavy (non-hydrogen) atoms. The number of carbonyl (C=O) groups is 1. The van der Waals surface area contributed by atoms with Crippen LogP contribution in [0.5, 0.6) is 5.88 Å². The van der Waals surface area contributed by atoms with Gasteiger partial charge < -0.3 is 10.1 Å². The molecule has 0 spiro atoms. The van der Waals surface area contributed by atoms with Gasteiger partial charge in [-0.25, -0.2) is 17.8 Å². The quantitative estimate of drug-likeness (QED) is 0.516. The number of benzene rings is 1. The largest absolute Gasteiger partial charge is 0.477 e. The van der Waals surface area contributed by atoms with E-state index in [0.717, 1.165) is 18.4 Å². The molecule has 2 N–H and O–H groups in total. The smallest absolute Gasteiger partial charge is 0.433 e. The van der Waals surface area contributed by atoms with Gasteiger partial charge >= 0.3 is 6.18 Å². The lowest BCUT2D eigenvalue weighted by Gasteiger charge is -2.17. The zero-order valence-corrected chi connectivity index (χ0v) is 19.3. The maximum atomic E-state index is 14.2. The molecular weight excluding hydrogens is 466 g/mol. The molecule has 1 amide bonds. The summed E-state index contributed by atoms with van der Waals surface area (Å²) in [5.41, 5.74) is -0.825. The monoisotopic (exact) mass is 491 g/mol. The van der Waals surface area contributed by atoms with Crippen LogP contribution in [0.1, 0.15) is 43.5 Å². The minimum Gasteiger partial charge on any atom is -0.477 e. The zero-order chi connectivity index (χ0) is 25.0. The van der Waals surface area contributed by atoms with E-state index in [1.165, 1.54) is 25.1 Å². The molecule has 0 saturated heterocycles. The number of aromatic nitrogens is 1. The van der Waals surface area contributed by atoms with Crippen LogP contribution >= 0.6 is 0 Å². The SMILES string of the molecule is CC(C)COc1nc(C(F)(F)F)ccc1CNC(=O)[C@@H](C)c1ccc(NS(C)(=O)=O)c(F)c1. The number of amides is 1. The summed E-state index contributed by atoms with van der Waals surface area (Å²) in [6.07, 6.45) is -3.76. The van der Waals surface area contributed by atoms with E-state index in [9.17, 15) is 30.8 Å². The van der Waals surface area contributed by atoms with E-state index < -0.39 is 39.5 Å². The van der Waals surface area contributed by atoms with E-state index >= 15 is 0 Å². The van der Waals surface area contributed by atoms with E-state index in [-0.39, 0.29) is 41.8 Å². The number of anilines is 1. The standard InChI is InChI=1S/C21H25F4N3O4S/c1-12(2)11-32-20-15(6-8-18(27-20)21(23,24)25)10-26-19(29)13(3)14-5-7-17(16(22)9-14)28-33(4,30)31/h5-9,12-13,28H,10-11H2,1-4H3,(H,26,29)/t13-/m0/s1. The van der Waals surface area contributed by atoms with Gasteiger partial charge in [0.25, 0.3) is 0 Å². The van der Waals surface area contributed by atoms with E-state index in [4.69, 9.17) is 4.74 Å². The molecule has 0 aliphatic carbocycles. The van der Waals surface area contributed by atoms with Crippen LogP contribution in [0.3, 0.4) is 0 Å².